The zero-order chi connectivity index (χ0) is 13.8. The Labute approximate surface area is 112 Å². The molecule has 3 N–H and O–H groups in total. The summed E-state index contributed by atoms with van der Waals surface area (Å²) >= 11 is 0. The lowest BCUT2D eigenvalue weighted by atomic mass is 10.1. The Morgan fingerprint density at radius 2 is 1.84 bits per heavy atom. The van der Waals surface area contributed by atoms with Gasteiger partial charge < -0.3 is 11.1 Å². The second-order valence-electron chi connectivity index (χ2n) is 4.58. The molecule has 0 saturated carbocycles. The molecule has 0 radical (unpaired) electrons. The maximum atomic E-state index is 11.6. The summed E-state index contributed by atoms with van der Waals surface area (Å²) in [5, 5.41) is 3.13. The van der Waals surface area contributed by atoms with Crippen LogP contribution in [0.4, 0.5) is 5.69 Å². The van der Waals surface area contributed by atoms with Gasteiger partial charge in [0.2, 0.25) is 5.91 Å². The minimum Gasteiger partial charge on any atom is -0.370 e. The molecule has 0 fully saturated rings. The second-order valence-corrected chi connectivity index (χ2v) is 4.58. The highest BCUT2D eigenvalue weighted by molar-refractivity contribution is 5.84. The lowest BCUT2D eigenvalue weighted by molar-refractivity contribution is -0.118. The summed E-state index contributed by atoms with van der Waals surface area (Å²) in [6, 6.07) is 11.0. The van der Waals surface area contributed by atoms with Gasteiger partial charge in [-0.3, -0.25) is 9.78 Å². The first-order valence-electron chi connectivity index (χ1n) is 6.11. The Morgan fingerprint density at radius 3 is 2.37 bits per heavy atom. The molecule has 19 heavy (non-hydrogen) atoms. The molecule has 1 atom stereocenters. The Balaban J connectivity index is 2.23. The number of pyridine rings is 1. The van der Waals surface area contributed by atoms with E-state index < -0.39 is 11.9 Å². The number of amides is 1. The lowest BCUT2D eigenvalue weighted by Crippen LogP contribution is -2.27. The first kappa shape index (κ1) is 13.1. The first-order chi connectivity index (χ1) is 9.06. The summed E-state index contributed by atoms with van der Waals surface area (Å²) < 4.78 is 0. The predicted octanol–water partition coefficient (Wildman–Crippen LogP) is 2.34. The molecule has 1 aromatic carbocycles. The van der Waals surface area contributed by atoms with Crippen LogP contribution in [-0.4, -0.2) is 10.9 Å². The molecule has 0 saturated heterocycles. The monoisotopic (exact) mass is 255 g/mol. The van der Waals surface area contributed by atoms with Crippen LogP contribution >= 0.6 is 0 Å². The fraction of sp³-hybridized carbons (Fsp3) is 0.200. The van der Waals surface area contributed by atoms with Gasteiger partial charge in [0.05, 0.1) is 0 Å². The third kappa shape index (κ3) is 3.31. The highest BCUT2D eigenvalue weighted by atomic mass is 16.1. The van der Waals surface area contributed by atoms with Gasteiger partial charge >= 0.3 is 0 Å². The summed E-state index contributed by atoms with van der Waals surface area (Å²) in [7, 11) is 0. The van der Waals surface area contributed by atoms with Crippen LogP contribution in [0.2, 0.25) is 0 Å². The predicted molar refractivity (Wildman–Crippen MR) is 75.7 cm³/mol. The van der Waals surface area contributed by atoms with Gasteiger partial charge in [0.25, 0.3) is 0 Å². The molecule has 0 spiro atoms. The summed E-state index contributed by atoms with van der Waals surface area (Å²) in [5.74, 6) is -0.425. The van der Waals surface area contributed by atoms with E-state index in [1.165, 1.54) is 0 Å². The number of nitrogens with one attached hydrogen (secondary N) is 1. The number of nitrogens with zero attached hydrogens (tertiary/aromatic N) is 1. The van der Waals surface area contributed by atoms with Crippen molar-refractivity contribution in [3.8, 4) is 0 Å². The molecule has 1 unspecified atom stereocenters. The van der Waals surface area contributed by atoms with Gasteiger partial charge in [-0.25, -0.2) is 0 Å². The Morgan fingerprint density at radius 1 is 1.16 bits per heavy atom. The summed E-state index contributed by atoms with van der Waals surface area (Å²) in [6.07, 6.45) is 1.67. The average Bonchev–Trinajstić information content (AvgIpc) is 2.39. The van der Waals surface area contributed by atoms with E-state index >= 15 is 0 Å². The van der Waals surface area contributed by atoms with Crippen molar-refractivity contribution in [2.24, 2.45) is 5.73 Å². The smallest absolute Gasteiger partial charge is 0.244 e. The zero-order valence-electron chi connectivity index (χ0n) is 11.1. The van der Waals surface area contributed by atoms with E-state index in [1.807, 2.05) is 50.2 Å². The topological polar surface area (TPSA) is 68.0 Å². The van der Waals surface area contributed by atoms with E-state index in [1.54, 1.807) is 6.20 Å². The fourth-order valence-corrected chi connectivity index (χ4v) is 1.79. The minimum absolute atomic E-state index is 0.425. The second kappa shape index (κ2) is 5.52. The van der Waals surface area contributed by atoms with Crippen LogP contribution in [0, 0.1) is 13.8 Å². The molecule has 4 heteroatoms. The van der Waals surface area contributed by atoms with Crippen molar-refractivity contribution in [1.82, 2.24) is 4.98 Å². The minimum atomic E-state index is -0.573. The molecule has 2 aromatic rings. The largest absolute Gasteiger partial charge is 0.370 e. The van der Waals surface area contributed by atoms with Crippen molar-refractivity contribution in [3.63, 3.8) is 0 Å². The van der Waals surface area contributed by atoms with Crippen LogP contribution in [0.15, 0.2) is 42.6 Å². The molecule has 0 aliphatic heterocycles. The van der Waals surface area contributed by atoms with E-state index in [0.29, 0.717) is 0 Å². The van der Waals surface area contributed by atoms with Crippen LogP contribution in [-0.2, 0) is 4.79 Å². The number of primary amides is 1. The SMILES string of the molecule is Cc1ccc(NC(C(N)=O)c2ccc(C)nc2)cc1. The number of rotatable bonds is 4. The molecule has 0 aliphatic rings. The van der Waals surface area contributed by atoms with Crippen LogP contribution in [0.5, 0.6) is 0 Å². The molecule has 98 valence electrons. The fourth-order valence-electron chi connectivity index (χ4n) is 1.79. The quantitative estimate of drug-likeness (QED) is 0.881. The molecule has 4 nitrogen and oxygen atoms in total. The number of benzene rings is 1. The highest BCUT2D eigenvalue weighted by Gasteiger charge is 2.17. The molecule has 0 bridgehead atoms. The molecule has 1 aromatic heterocycles. The molecule has 1 amide bonds. The number of carbonyl (C=O) groups is 1. The van der Waals surface area contributed by atoms with E-state index in [-0.39, 0.29) is 0 Å². The molecular formula is C15H17N3O. The summed E-state index contributed by atoms with van der Waals surface area (Å²) in [4.78, 5) is 15.8. The third-order valence-corrected chi connectivity index (χ3v) is 2.91. The van der Waals surface area contributed by atoms with Gasteiger partial charge in [0.1, 0.15) is 6.04 Å². The van der Waals surface area contributed by atoms with Crippen molar-refractivity contribution in [3.05, 3.63) is 59.4 Å². The van der Waals surface area contributed by atoms with E-state index in [0.717, 1.165) is 22.5 Å². The normalized spacial score (nSPS) is 11.9. The number of anilines is 1. The van der Waals surface area contributed by atoms with Gasteiger partial charge in [-0.15, -0.1) is 0 Å². The average molecular weight is 255 g/mol. The van der Waals surface area contributed by atoms with E-state index in [4.69, 9.17) is 5.73 Å². The standard InChI is InChI=1S/C15H17N3O/c1-10-3-7-13(8-4-10)18-14(15(16)19)12-6-5-11(2)17-9-12/h3-9,14,18H,1-2H3,(H2,16,19). The van der Waals surface area contributed by atoms with E-state index in [2.05, 4.69) is 10.3 Å². The lowest BCUT2D eigenvalue weighted by Gasteiger charge is -2.17. The van der Waals surface area contributed by atoms with Crippen molar-refractivity contribution in [1.29, 1.82) is 0 Å². The van der Waals surface area contributed by atoms with Crippen LogP contribution in [0.25, 0.3) is 0 Å². The zero-order valence-corrected chi connectivity index (χ0v) is 11.1. The molecule has 2 rings (SSSR count). The Bertz CT molecular complexity index is 561. The number of hydrogen-bond donors (Lipinski definition) is 2. The maximum absolute atomic E-state index is 11.6. The van der Waals surface area contributed by atoms with Gasteiger partial charge in [0, 0.05) is 23.1 Å². The number of aromatic nitrogens is 1. The van der Waals surface area contributed by atoms with Gasteiger partial charge in [-0.1, -0.05) is 23.8 Å². The number of carbonyl (C=O) groups excluding carboxylic acids is 1. The molecular weight excluding hydrogens is 238 g/mol. The van der Waals surface area contributed by atoms with Crippen molar-refractivity contribution in [2.75, 3.05) is 5.32 Å². The summed E-state index contributed by atoms with van der Waals surface area (Å²) in [6.45, 7) is 3.91. The molecule has 1 heterocycles. The van der Waals surface area contributed by atoms with Crippen molar-refractivity contribution in [2.45, 2.75) is 19.9 Å². The third-order valence-electron chi connectivity index (χ3n) is 2.91. The number of nitrogens with two attached hydrogens (primary N) is 1. The van der Waals surface area contributed by atoms with Crippen LogP contribution in [0.3, 0.4) is 0 Å². The van der Waals surface area contributed by atoms with Crippen molar-refractivity contribution >= 4 is 11.6 Å². The first-order valence-corrected chi connectivity index (χ1v) is 6.11. The van der Waals surface area contributed by atoms with Crippen LogP contribution < -0.4 is 11.1 Å². The highest BCUT2D eigenvalue weighted by Crippen LogP contribution is 2.19. The van der Waals surface area contributed by atoms with Gasteiger partial charge in [0.15, 0.2) is 0 Å². The van der Waals surface area contributed by atoms with E-state index in [9.17, 15) is 4.79 Å². The summed E-state index contributed by atoms with van der Waals surface area (Å²) in [5.41, 5.74) is 9.14. The number of hydrogen-bond acceptors (Lipinski definition) is 3. The van der Waals surface area contributed by atoms with Gasteiger partial charge in [-0.2, -0.15) is 0 Å². The number of aryl methyl sites for hydroxylation is 2. The van der Waals surface area contributed by atoms with Gasteiger partial charge in [-0.05, 0) is 32.0 Å². The van der Waals surface area contributed by atoms with Crippen molar-refractivity contribution < 1.29 is 4.79 Å². The Kier molecular flexibility index (Phi) is 3.80. The molecule has 0 aliphatic carbocycles. The Hall–Kier alpha value is -2.36. The maximum Gasteiger partial charge on any atom is 0.244 e. The van der Waals surface area contributed by atoms with Crippen LogP contribution in [0.1, 0.15) is 22.9 Å².